The Balaban J connectivity index is 2.20. The minimum absolute atomic E-state index is 0.301. The fraction of sp³-hybridized carbons (Fsp3) is 0.357. The molecule has 1 heterocycles. The van der Waals surface area contributed by atoms with Crippen LogP contribution in [0.3, 0.4) is 0 Å². The van der Waals surface area contributed by atoms with Crippen molar-refractivity contribution in [1.82, 2.24) is 15.1 Å². The maximum Gasteiger partial charge on any atom is 0.0604 e. The smallest absolute Gasteiger partial charge is 0.0604 e. The van der Waals surface area contributed by atoms with Gasteiger partial charge in [-0.05, 0) is 38.1 Å². The number of nitrogens with zero attached hydrogens (tertiary/aromatic N) is 2. The fourth-order valence-corrected chi connectivity index (χ4v) is 2.07. The first-order valence-electron chi connectivity index (χ1n) is 5.93. The summed E-state index contributed by atoms with van der Waals surface area (Å²) in [7, 11) is 1.99. The fourth-order valence-electron chi connectivity index (χ4n) is 2.07. The van der Waals surface area contributed by atoms with Gasteiger partial charge in [0.05, 0.1) is 18.3 Å². The Morgan fingerprint density at radius 1 is 1.24 bits per heavy atom. The summed E-state index contributed by atoms with van der Waals surface area (Å²) in [5.41, 5.74) is 3.71. The zero-order valence-corrected chi connectivity index (χ0v) is 10.6. The Hall–Kier alpha value is -1.61. The van der Waals surface area contributed by atoms with Crippen LogP contribution in [0.2, 0.25) is 0 Å². The van der Waals surface area contributed by atoms with Crippen molar-refractivity contribution in [1.29, 1.82) is 0 Å². The van der Waals surface area contributed by atoms with Gasteiger partial charge < -0.3 is 5.32 Å². The Bertz CT molecular complexity index is 488. The summed E-state index contributed by atoms with van der Waals surface area (Å²) in [5, 5.41) is 7.79. The van der Waals surface area contributed by atoms with E-state index < -0.39 is 0 Å². The number of aryl methyl sites for hydroxylation is 2. The van der Waals surface area contributed by atoms with Crippen LogP contribution in [-0.2, 0) is 6.54 Å². The van der Waals surface area contributed by atoms with Crippen LogP contribution in [0, 0.1) is 13.8 Å². The molecule has 1 aromatic heterocycles. The van der Waals surface area contributed by atoms with E-state index in [1.807, 2.05) is 30.9 Å². The summed E-state index contributed by atoms with van der Waals surface area (Å²) in [4.78, 5) is 0. The molecule has 0 aliphatic carbocycles. The van der Waals surface area contributed by atoms with Crippen molar-refractivity contribution in [3.63, 3.8) is 0 Å². The van der Waals surface area contributed by atoms with E-state index in [9.17, 15) is 0 Å². The van der Waals surface area contributed by atoms with E-state index in [1.165, 1.54) is 11.1 Å². The first kappa shape index (κ1) is 11.9. The normalized spacial score (nSPS) is 12.6. The van der Waals surface area contributed by atoms with Gasteiger partial charge in [0.15, 0.2) is 0 Å². The SMILES string of the molecule is CNC(Cn1ccc(C)n1)c1ccccc1C. The molecule has 3 nitrogen and oxygen atoms in total. The van der Waals surface area contributed by atoms with Gasteiger partial charge in [-0.25, -0.2) is 0 Å². The van der Waals surface area contributed by atoms with Crippen LogP contribution in [0.15, 0.2) is 36.5 Å². The molecule has 0 aliphatic rings. The van der Waals surface area contributed by atoms with Crippen LogP contribution < -0.4 is 5.32 Å². The molecule has 0 saturated carbocycles. The van der Waals surface area contributed by atoms with Gasteiger partial charge in [0, 0.05) is 6.20 Å². The molecule has 0 radical (unpaired) electrons. The molecule has 3 heteroatoms. The van der Waals surface area contributed by atoms with Crippen molar-refractivity contribution >= 4 is 0 Å². The predicted molar refractivity (Wildman–Crippen MR) is 69.9 cm³/mol. The van der Waals surface area contributed by atoms with E-state index in [1.54, 1.807) is 0 Å². The van der Waals surface area contributed by atoms with Crippen molar-refractivity contribution in [3.8, 4) is 0 Å². The van der Waals surface area contributed by atoms with Crippen LogP contribution >= 0.6 is 0 Å². The third-order valence-corrected chi connectivity index (χ3v) is 3.06. The lowest BCUT2D eigenvalue weighted by Gasteiger charge is -2.18. The van der Waals surface area contributed by atoms with Crippen LogP contribution in [0.4, 0.5) is 0 Å². The van der Waals surface area contributed by atoms with Gasteiger partial charge in [-0.15, -0.1) is 0 Å². The Kier molecular flexibility index (Phi) is 3.59. The molecule has 0 fully saturated rings. The molecule has 1 unspecified atom stereocenters. The molecule has 0 amide bonds. The molecular formula is C14H19N3. The van der Waals surface area contributed by atoms with Crippen molar-refractivity contribution < 1.29 is 0 Å². The Morgan fingerprint density at radius 2 is 2.00 bits per heavy atom. The molecule has 0 bridgehead atoms. The Morgan fingerprint density at radius 3 is 2.59 bits per heavy atom. The number of hydrogen-bond donors (Lipinski definition) is 1. The lowest BCUT2D eigenvalue weighted by Crippen LogP contribution is -2.23. The second-order valence-electron chi connectivity index (χ2n) is 4.38. The summed E-state index contributed by atoms with van der Waals surface area (Å²) in [6.45, 7) is 5.02. The van der Waals surface area contributed by atoms with Gasteiger partial charge in [0.2, 0.25) is 0 Å². The van der Waals surface area contributed by atoms with Gasteiger partial charge >= 0.3 is 0 Å². The van der Waals surface area contributed by atoms with Crippen molar-refractivity contribution in [2.45, 2.75) is 26.4 Å². The number of likely N-dealkylation sites (N-methyl/N-ethyl adjacent to an activating group) is 1. The van der Waals surface area contributed by atoms with Gasteiger partial charge in [-0.1, -0.05) is 24.3 Å². The highest BCUT2D eigenvalue weighted by molar-refractivity contribution is 5.28. The summed E-state index contributed by atoms with van der Waals surface area (Å²) >= 11 is 0. The molecule has 17 heavy (non-hydrogen) atoms. The van der Waals surface area contributed by atoms with Crippen molar-refractivity contribution in [2.75, 3.05) is 7.05 Å². The predicted octanol–water partition coefficient (Wildman–Crippen LogP) is 2.46. The number of hydrogen-bond acceptors (Lipinski definition) is 2. The van der Waals surface area contributed by atoms with E-state index in [-0.39, 0.29) is 0 Å². The molecule has 90 valence electrons. The minimum atomic E-state index is 0.301. The van der Waals surface area contributed by atoms with Crippen LogP contribution in [0.5, 0.6) is 0 Å². The molecule has 0 spiro atoms. The molecule has 2 aromatic rings. The summed E-state index contributed by atoms with van der Waals surface area (Å²) in [5.74, 6) is 0. The van der Waals surface area contributed by atoms with Crippen molar-refractivity contribution in [2.24, 2.45) is 0 Å². The highest BCUT2D eigenvalue weighted by Crippen LogP contribution is 2.18. The third-order valence-electron chi connectivity index (χ3n) is 3.06. The minimum Gasteiger partial charge on any atom is -0.311 e. The molecule has 0 saturated heterocycles. The van der Waals surface area contributed by atoms with Gasteiger partial charge in [-0.3, -0.25) is 4.68 Å². The summed E-state index contributed by atoms with van der Waals surface area (Å²) in [6.07, 6.45) is 2.03. The van der Waals surface area contributed by atoms with Crippen LogP contribution in [0.1, 0.15) is 22.9 Å². The van der Waals surface area contributed by atoms with E-state index in [2.05, 4.69) is 41.6 Å². The molecule has 0 aliphatic heterocycles. The van der Waals surface area contributed by atoms with Crippen LogP contribution in [0.25, 0.3) is 0 Å². The van der Waals surface area contributed by atoms with Gasteiger partial charge in [0.1, 0.15) is 0 Å². The highest BCUT2D eigenvalue weighted by Gasteiger charge is 2.12. The topological polar surface area (TPSA) is 29.9 Å². The molecule has 1 atom stereocenters. The lowest BCUT2D eigenvalue weighted by molar-refractivity contribution is 0.465. The Labute approximate surface area is 102 Å². The third kappa shape index (κ3) is 2.74. The highest BCUT2D eigenvalue weighted by atomic mass is 15.3. The van der Waals surface area contributed by atoms with Crippen LogP contribution in [-0.4, -0.2) is 16.8 Å². The van der Waals surface area contributed by atoms with E-state index in [0.717, 1.165) is 12.2 Å². The zero-order chi connectivity index (χ0) is 12.3. The monoisotopic (exact) mass is 229 g/mol. The largest absolute Gasteiger partial charge is 0.311 e. The van der Waals surface area contributed by atoms with Gasteiger partial charge in [0.25, 0.3) is 0 Å². The lowest BCUT2D eigenvalue weighted by atomic mass is 10.0. The standard InChI is InChI=1S/C14H19N3/c1-11-6-4-5-7-13(11)14(15-3)10-17-9-8-12(2)16-17/h4-9,14-15H,10H2,1-3H3. The maximum absolute atomic E-state index is 4.43. The molecule has 1 aromatic carbocycles. The number of nitrogens with one attached hydrogen (secondary N) is 1. The molecular weight excluding hydrogens is 210 g/mol. The van der Waals surface area contributed by atoms with E-state index in [4.69, 9.17) is 0 Å². The van der Waals surface area contributed by atoms with Crippen molar-refractivity contribution in [3.05, 3.63) is 53.3 Å². The molecule has 2 rings (SSSR count). The number of benzene rings is 1. The van der Waals surface area contributed by atoms with E-state index >= 15 is 0 Å². The first-order chi connectivity index (χ1) is 8.20. The maximum atomic E-state index is 4.43. The second kappa shape index (κ2) is 5.15. The summed E-state index contributed by atoms with van der Waals surface area (Å²) in [6, 6.07) is 10.8. The first-order valence-corrected chi connectivity index (χ1v) is 5.93. The summed E-state index contributed by atoms with van der Waals surface area (Å²) < 4.78 is 1.99. The van der Waals surface area contributed by atoms with E-state index in [0.29, 0.717) is 6.04 Å². The number of aromatic nitrogens is 2. The quantitative estimate of drug-likeness (QED) is 0.872. The average molecular weight is 229 g/mol. The van der Waals surface area contributed by atoms with Gasteiger partial charge in [-0.2, -0.15) is 5.10 Å². The number of rotatable bonds is 4. The molecule has 1 N–H and O–H groups in total. The zero-order valence-electron chi connectivity index (χ0n) is 10.6. The second-order valence-corrected chi connectivity index (χ2v) is 4.38. The average Bonchev–Trinajstić information content (AvgIpc) is 2.73.